The molecular weight excluding hydrogens is 371 g/mol. The number of hydrogen-bond acceptors (Lipinski definition) is 3. The number of nitrogens with one attached hydrogen (secondary N) is 1. The van der Waals surface area contributed by atoms with E-state index in [-0.39, 0.29) is 11.0 Å². The molecule has 3 rings (SSSR count). The van der Waals surface area contributed by atoms with Gasteiger partial charge < -0.3 is 5.32 Å². The molecule has 1 aliphatic heterocycles. The molecule has 1 N–H and O–H groups in total. The first-order valence-corrected chi connectivity index (χ1v) is 9.48. The summed E-state index contributed by atoms with van der Waals surface area (Å²) in [5, 5.41) is 2.71. The summed E-state index contributed by atoms with van der Waals surface area (Å²) in [6.45, 7) is 9.07. The Morgan fingerprint density at radius 2 is 1.72 bits per heavy atom. The van der Waals surface area contributed by atoms with Crippen molar-refractivity contribution < 1.29 is 18.8 Å². The number of ketones is 1. The van der Waals surface area contributed by atoms with E-state index in [9.17, 15) is 18.8 Å². The molecule has 3 amide bonds. The minimum Gasteiger partial charge on any atom is -0.319 e. The maximum absolute atomic E-state index is 13.4. The van der Waals surface area contributed by atoms with E-state index in [4.69, 9.17) is 0 Å². The van der Waals surface area contributed by atoms with E-state index in [1.54, 1.807) is 13.8 Å². The van der Waals surface area contributed by atoms with Crippen LogP contribution >= 0.6 is 0 Å². The normalized spacial score (nSPS) is 19.4. The quantitative estimate of drug-likeness (QED) is 0.625. The van der Waals surface area contributed by atoms with Gasteiger partial charge in [-0.25, -0.2) is 9.18 Å². The van der Waals surface area contributed by atoms with E-state index in [2.05, 4.69) is 26.1 Å². The van der Waals surface area contributed by atoms with Crippen molar-refractivity contribution in [2.45, 2.75) is 45.6 Å². The number of carbonyl (C=O) groups is 3. The van der Waals surface area contributed by atoms with Gasteiger partial charge in [0, 0.05) is 5.56 Å². The fraction of sp³-hybridized carbons (Fsp3) is 0.348. The Morgan fingerprint density at radius 1 is 1.10 bits per heavy atom. The lowest BCUT2D eigenvalue weighted by Gasteiger charge is -2.24. The first kappa shape index (κ1) is 20.7. The van der Waals surface area contributed by atoms with Gasteiger partial charge >= 0.3 is 6.03 Å². The van der Waals surface area contributed by atoms with E-state index in [1.807, 2.05) is 24.3 Å². The molecule has 152 valence electrons. The zero-order chi connectivity index (χ0) is 21.6. The van der Waals surface area contributed by atoms with E-state index in [0.29, 0.717) is 11.1 Å². The highest BCUT2D eigenvalue weighted by Gasteiger charge is 2.49. The average Bonchev–Trinajstić information content (AvgIpc) is 2.87. The van der Waals surface area contributed by atoms with Crippen molar-refractivity contribution in [1.29, 1.82) is 0 Å². The number of rotatable bonds is 4. The van der Waals surface area contributed by atoms with Crippen LogP contribution in [0.25, 0.3) is 0 Å². The van der Waals surface area contributed by atoms with Crippen molar-refractivity contribution in [3.05, 3.63) is 70.5 Å². The monoisotopic (exact) mass is 396 g/mol. The predicted molar refractivity (Wildman–Crippen MR) is 108 cm³/mol. The highest BCUT2D eigenvalue weighted by molar-refractivity contribution is 6.11. The molecule has 0 aromatic heterocycles. The van der Waals surface area contributed by atoms with Gasteiger partial charge in [0.05, 0.1) is 6.54 Å². The summed E-state index contributed by atoms with van der Waals surface area (Å²) in [5.41, 5.74) is 1.07. The van der Waals surface area contributed by atoms with Gasteiger partial charge in [-0.05, 0) is 54.2 Å². The number of amides is 3. The predicted octanol–water partition coefficient (Wildman–Crippen LogP) is 4.08. The zero-order valence-electron chi connectivity index (χ0n) is 17.3. The van der Waals surface area contributed by atoms with Crippen LogP contribution in [-0.4, -0.2) is 29.2 Å². The van der Waals surface area contributed by atoms with Crippen LogP contribution in [0.5, 0.6) is 0 Å². The molecule has 2 aromatic rings. The van der Waals surface area contributed by atoms with Gasteiger partial charge in [-0.1, -0.05) is 45.0 Å². The summed E-state index contributed by atoms with van der Waals surface area (Å²) >= 11 is 0. The van der Waals surface area contributed by atoms with Gasteiger partial charge in [0.1, 0.15) is 11.4 Å². The van der Waals surface area contributed by atoms with Crippen molar-refractivity contribution in [1.82, 2.24) is 10.2 Å². The first-order chi connectivity index (χ1) is 13.4. The SMILES string of the molecule is Cc1cc(C(=O)CN2C(=O)NC(C)(c3ccc(C(C)(C)C)cc3)C2=O)ccc1F. The summed E-state index contributed by atoms with van der Waals surface area (Å²) in [7, 11) is 0. The van der Waals surface area contributed by atoms with Gasteiger partial charge in [-0.2, -0.15) is 0 Å². The minimum atomic E-state index is -1.24. The van der Waals surface area contributed by atoms with Crippen molar-refractivity contribution in [3.8, 4) is 0 Å². The number of halogens is 1. The Labute approximate surface area is 169 Å². The molecule has 0 radical (unpaired) electrons. The molecule has 1 fully saturated rings. The summed E-state index contributed by atoms with van der Waals surface area (Å²) in [4.78, 5) is 39.0. The molecule has 0 bridgehead atoms. The Hall–Kier alpha value is -3.02. The smallest absolute Gasteiger partial charge is 0.319 e. The van der Waals surface area contributed by atoms with Crippen LogP contribution in [0, 0.1) is 12.7 Å². The topological polar surface area (TPSA) is 66.5 Å². The summed E-state index contributed by atoms with van der Waals surface area (Å²) in [6, 6.07) is 10.9. The molecule has 1 aliphatic rings. The van der Waals surface area contributed by atoms with Crippen LogP contribution in [0.3, 0.4) is 0 Å². The van der Waals surface area contributed by atoms with Crippen LogP contribution in [0.15, 0.2) is 42.5 Å². The maximum Gasteiger partial charge on any atom is 0.325 e. The molecule has 1 unspecified atom stereocenters. The lowest BCUT2D eigenvalue weighted by Crippen LogP contribution is -2.41. The Morgan fingerprint density at radius 3 is 2.28 bits per heavy atom. The highest BCUT2D eigenvalue weighted by Crippen LogP contribution is 2.31. The van der Waals surface area contributed by atoms with Crippen LogP contribution in [0.2, 0.25) is 0 Å². The molecule has 6 heteroatoms. The molecule has 0 spiro atoms. The van der Waals surface area contributed by atoms with Crippen molar-refractivity contribution in [2.24, 2.45) is 0 Å². The molecule has 1 saturated heterocycles. The Balaban J connectivity index is 1.83. The minimum absolute atomic E-state index is 0.0336. The van der Waals surface area contributed by atoms with Crippen molar-refractivity contribution in [2.75, 3.05) is 6.54 Å². The van der Waals surface area contributed by atoms with E-state index < -0.39 is 35.6 Å². The van der Waals surface area contributed by atoms with E-state index in [1.165, 1.54) is 18.2 Å². The summed E-state index contributed by atoms with van der Waals surface area (Å²) in [5.74, 6) is -1.33. The number of benzene rings is 2. The number of aryl methyl sites for hydroxylation is 1. The second kappa shape index (κ2) is 7.10. The maximum atomic E-state index is 13.4. The number of imide groups is 1. The fourth-order valence-corrected chi connectivity index (χ4v) is 3.39. The molecule has 5 nitrogen and oxygen atoms in total. The largest absolute Gasteiger partial charge is 0.325 e. The van der Waals surface area contributed by atoms with Gasteiger partial charge in [0.25, 0.3) is 5.91 Å². The lowest BCUT2D eigenvalue weighted by molar-refractivity contribution is -0.130. The first-order valence-electron chi connectivity index (χ1n) is 9.48. The second-order valence-electron chi connectivity index (χ2n) is 8.66. The van der Waals surface area contributed by atoms with Crippen molar-refractivity contribution >= 4 is 17.7 Å². The van der Waals surface area contributed by atoms with E-state index in [0.717, 1.165) is 10.5 Å². The second-order valence-corrected chi connectivity index (χ2v) is 8.66. The van der Waals surface area contributed by atoms with Crippen LogP contribution in [-0.2, 0) is 15.7 Å². The molecule has 29 heavy (non-hydrogen) atoms. The molecule has 2 aromatic carbocycles. The number of carbonyl (C=O) groups excluding carboxylic acids is 3. The van der Waals surface area contributed by atoms with Gasteiger partial charge in [0.2, 0.25) is 0 Å². The number of hydrogen-bond donors (Lipinski definition) is 1. The number of urea groups is 1. The van der Waals surface area contributed by atoms with Gasteiger partial charge in [-0.3, -0.25) is 14.5 Å². The third-order valence-corrected chi connectivity index (χ3v) is 5.38. The summed E-state index contributed by atoms with van der Waals surface area (Å²) in [6.07, 6.45) is 0. The molecular formula is C23H25FN2O3. The van der Waals surface area contributed by atoms with Crippen molar-refractivity contribution in [3.63, 3.8) is 0 Å². The van der Waals surface area contributed by atoms with Crippen LogP contribution in [0.1, 0.15) is 54.7 Å². The van der Waals surface area contributed by atoms with Crippen LogP contribution < -0.4 is 5.32 Å². The molecule has 0 aliphatic carbocycles. The number of Topliss-reactive ketones (excluding diaryl/α,β-unsaturated/α-hetero) is 1. The summed E-state index contributed by atoms with van der Waals surface area (Å²) < 4.78 is 13.4. The zero-order valence-corrected chi connectivity index (χ0v) is 17.3. The molecule has 1 atom stereocenters. The third-order valence-electron chi connectivity index (χ3n) is 5.38. The van der Waals surface area contributed by atoms with Crippen LogP contribution in [0.4, 0.5) is 9.18 Å². The highest BCUT2D eigenvalue weighted by atomic mass is 19.1. The standard InChI is InChI=1S/C23H25FN2O3/c1-14-12-15(6-11-18(14)24)19(27)13-26-20(28)23(5,25-21(26)29)17-9-7-16(8-10-17)22(2,3)4/h6-12H,13H2,1-5H3,(H,25,29). The number of nitrogens with zero attached hydrogens (tertiary/aromatic N) is 1. The van der Waals surface area contributed by atoms with Gasteiger partial charge in [-0.15, -0.1) is 0 Å². The Bertz CT molecular complexity index is 992. The average molecular weight is 396 g/mol. The van der Waals surface area contributed by atoms with E-state index >= 15 is 0 Å². The molecule has 0 saturated carbocycles. The Kier molecular flexibility index (Phi) is 5.07. The fourth-order valence-electron chi connectivity index (χ4n) is 3.39. The lowest BCUT2D eigenvalue weighted by atomic mass is 9.84. The van der Waals surface area contributed by atoms with Gasteiger partial charge in [0.15, 0.2) is 5.78 Å². The third kappa shape index (κ3) is 3.79. The molecule has 1 heterocycles.